The number of benzene rings is 1. The average Bonchev–Trinajstić information content (AvgIpc) is 2.42. The molecule has 0 atom stereocenters. The Morgan fingerprint density at radius 1 is 1.05 bits per heavy atom. The maximum atomic E-state index is 5.90. The Morgan fingerprint density at radius 2 is 1.80 bits per heavy atom. The second-order valence-corrected chi connectivity index (χ2v) is 4.71. The van der Waals surface area contributed by atoms with Gasteiger partial charge in [0.15, 0.2) is 0 Å². The first-order chi connectivity index (χ1) is 9.67. The molecule has 0 aliphatic heterocycles. The van der Waals surface area contributed by atoms with Crippen LogP contribution in [0, 0.1) is 0 Å². The smallest absolute Gasteiger partial charge is 0.324 e. The molecular weight excluding hydrogens is 301 g/mol. The molecule has 20 heavy (non-hydrogen) atoms. The van der Waals surface area contributed by atoms with E-state index in [0.29, 0.717) is 11.6 Å². The Labute approximate surface area is 126 Å². The Morgan fingerprint density at radius 3 is 2.50 bits per heavy atom. The molecule has 0 saturated carbocycles. The molecule has 5 nitrogen and oxygen atoms in total. The summed E-state index contributed by atoms with van der Waals surface area (Å²) in [6.45, 7) is 2.78. The molecule has 2 rings (SSSR count). The van der Waals surface area contributed by atoms with Crippen LogP contribution in [-0.4, -0.2) is 21.6 Å². The van der Waals surface area contributed by atoms with Crippen LogP contribution in [-0.2, 0) is 6.61 Å². The maximum Gasteiger partial charge on any atom is 0.324 e. The first-order valence-corrected chi connectivity index (χ1v) is 6.84. The van der Waals surface area contributed by atoms with Crippen LogP contribution in [0.3, 0.4) is 0 Å². The Hall–Kier alpha value is -1.59. The lowest BCUT2D eigenvalue weighted by atomic mass is 10.2. The SMILES string of the molecule is CCCOc1nc(Cl)nc(OCc2cccc(Cl)c2)n1. The highest BCUT2D eigenvalue weighted by atomic mass is 35.5. The molecule has 0 unspecified atom stereocenters. The molecule has 106 valence electrons. The largest absolute Gasteiger partial charge is 0.463 e. The zero-order valence-corrected chi connectivity index (χ0v) is 12.4. The van der Waals surface area contributed by atoms with Crippen LogP contribution in [0.1, 0.15) is 18.9 Å². The van der Waals surface area contributed by atoms with Gasteiger partial charge in [-0.15, -0.1) is 4.98 Å². The van der Waals surface area contributed by atoms with Gasteiger partial charge in [0.2, 0.25) is 5.28 Å². The van der Waals surface area contributed by atoms with E-state index >= 15 is 0 Å². The van der Waals surface area contributed by atoms with E-state index in [2.05, 4.69) is 15.0 Å². The van der Waals surface area contributed by atoms with E-state index in [1.54, 1.807) is 12.1 Å². The molecule has 0 saturated heterocycles. The molecule has 0 amide bonds. The molecule has 0 aliphatic rings. The van der Waals surface area contributed by atoms with E-state index in [-0.39, 0.29) is 23.9 Å². The van der Waals surface area contributed by atoms with Gasteiger partial charge in [0.1, 0.15) is 6.61 Å². The minimum Gasteiger partial charge on any atom is -0.463 e. The van der Waals surface area contributed by atoms with Crippen molar-refractivity contribution in [2.24, 2.45) is 0 Å². The van der Waals surface area contributed by atoms with Gasteiger partial charge in [0.25, 0.3) is 0 Å². The second-order valence-electron chi connectivity index (χ2n) is 3.94. The summed E-state index contributed by atoms with van der Waals surface area (Å²) in [6, 6.07) is 7.62. The van der Waals surface area contributed by atoms with Crippen LogP contribution in [0.25, 0.3) is 0 Å². The van der Waals surface area contributed by atoms with Crippen LogP contribution in [0.4, 0.5) is 0 Å². The molecule has 1 aromatic heterocycles. The van der Waals surface area contributed by atoms with E-state index < -0.39 is 0 Å². The third kappa shape index (κ3) is 4.51. The molecule has 0 radical (unpaired) electrons. The summed E-state index contributed by atoms with van der Waals surface area (Å²) < 4.78 is 10.8. The lowest BCUT2D eigenvalue weighted by molar-refractivity contribution is 0.255. The fraction of sp³-hybridized carbons (Fsp3) is 0.308. The molecule has 0 aliphatic carbocycles. The standard InChI is InChI=1S/C13H13Cl2N3O2/c1-2-6-19-12-16-11(15)17-13(18-12)20-8-9-4-3-5-10(14)7-9/h3-5,7H,2,6,8H2,1H3. The highest BCUT2D eigenvalue weighted by Crippen LogP contribution is 2.16. The minimum atomic E-state index is 0.0344. The number of rotatable bonds is 6. The average molecular weight is 314 g/mol. The zero-order chi connectivity index (χ0) is 14.4. The van der Waals surface area contributed by atoms with Crippen molar-refractivity contribution < 1.29 is 9.47 Å². The number of aromatic nitrogens is 3. The van der Waals surface area contributed by atoms with E-state index in [0.717, 1.165) is 12.0 Å². The second kappa shape index (κ2) is 7.26. The highest BCUT2D eigenvalue weighted by molar-refractivity contribution is 6.30. The van der Waals surface area contributed by atoms with Crippen molar-refractivity contribution >= 4 is 23.2 Å². The first kappa shape index (κ1) is 14.8. The minimum absolute atomic E-state index is 0.0344. The summed E-state index contributed by atoms with van der Waals surface area (Å²) in [6.07, 6.45) is 0.849. The Balaban J connectivity index is 2.03. The summed E-state index contributed by atoms with van der Waals surface area (Å²) >= 11 is 11.7. The summed E-state index contributed by atoms with van der Waals surface area (Å²) in [4.78, 5) is 11.8. The van der Waals surface area contributed by atoms with Gasteiger partial charge >= 0.3 is 12.0 Å². The zero-order valence-electron chi connectivity index (χ0n) is 10.8. The Bertz CT molecular complexity index is 581. The first-order valence-electron chi connectivity index (χ1n) is 6.09. The van der Waals surface area contributed by atoms with E-state index in [4.69, 9.17) is 32.7 Å². The van der Waals surface area contributed by atoms with Gasteiger partial charge in [-0.1, -0.05) is 30.7 Å². The lowest BCUT2D eigenvalue weighted by Crippen LogP contribution is -2.05. The fourth-order valence-electron chi connectivity index (χ4n) is 1.41. The molecule has 7 heteroatoms. The van der Waals surface area contributed by atoms with E-state index in [1.807, 2.05) is 19.1 Å². The summed E-state index contributed by atoms with van der Waals surface area (Å²) in [7, 11) is 0. The van der Waals surface area contributed by atoms with Crippen LogP contribution >= 0.6 is 23.2 Å². The van der Waals surface area contributed by atoms with Crippen LogP contribution in [0.15, 0.2) is 24.3 Å². The summed E-state index contributed by atoms with van der Waals surface area (Å²) in [5, 5.41) is 0.680. The van der Waals surface area contributed by atoms with E-state index in [1.165, 1.54) is 0 Å². The van der Waals surface area contributed by atoms with Gasteiger partial charge in [0.05, 0.1) is 6.61 Å². The predicted octanol–water partition coefficient (Wildman–Crippen LogP) is 3.55. The quantitative estimate of drug-likeness (QED) is 0.816. The third-order valence-corrected chi connectivity index (χ3v) is 2.66. The van der Waals surface area contributed by atoms with E-state index in [9.17, 15) is 0 Å². The molecular formula is C13H13Cl2N3O2. The number of halogens is 2. The van der Waals surface area contributed by atoms with Gasteiger partial charge in [-0.05, 0) is 35.7 Å². The topological polar surface area (TPSA) is 57.1 Å². The normalized spacial score (nSPS) is 10.3. The Kier molecular flexibility index (Phi) is 5.38. The highest BCUT2D eigenvalue weighted by Gasteiger charge is 2.07. The van der Waals surface area contributed by atoms with Crippen LogP contribution in [0.5, 0.6) is 12.0 Å². The molecule has 1 aromatic carbocycles. The van der Waals surface area contributed by atoms with Gasteiger partial charge in [-0.3, -0.25) is 0 Å². The number of hydrogen-bond donors (Lipinski definition) is 0. The summed E-state index contributed by atoms with van der Waals surface area (Å²) in [5.41, 5.74) is 0.907. The lowest BCUT2D eigenvalue weighted by Gasteiger charge is -2.07. The van der Waals surface area contributed by atoms with Crippen molar-refractivity contribution in [3.05, 3.63) is 40.1 Å². The van der Waals surface area contributed by atoms with Crippen molar-refractivity contribution in [3.63, 3.8) is 0 Å². The van der Waals surface area contributed by atoms with Crippen molar-refractivity contribution in [2.75, 3.05) is 6.61 Å². The number of ether oxygens (including phenoxy) is 2. The van der Waals surface area contributed by atoms with Gasteiger partial charge in [0, 0.05) is 5.02 Å². The predicted molar refractivity (Wildman–Crippen MR) is 76.4 cm³/mol. The monoisotopic (exact) mass is 313 g/mol. The van der Waals surface area contributed by atoms with Crippen molar-refractivity contribution in [1.29, 1.82) is 0 Å². The number of hydrogen-bond acceptors (Lipinski definition) is 5. The third-order valence-electron chi connectivity index (χ3n) is 2.26. The van der Waals surface area contributed by atoms with Crippen molar-refractivity contribution in [1.82, 2.24) is 15.0 Å². The molecule has 0 fully saturated rings. The number of nitrogens with zero attached hydrogens (tertiary/aromatic N) is 3. The van der Waals surface area contributed by atoms with Crippen molar-refractivity contribution in [3.8, 4) is 12.0 Å². The van der Waals surface area contributed by atoms with Crippen molar-refractivity contribution in [2.45, 2.75) is 20.0 Å². The van der Waals surface area contributed by atoms with Crippen LogP contribution < -0.4 is 9.47 Å². The molecule has 1 heterocycles. The fourth-order valence-corrected chi connectivity index (χ4v) is 1.77. The van der Waals surface area contributed by atoms with Gasteiger partial charge in [-0.25, -0.2) is 0 Å². The van der Waals surface area contributed by atoms with Gasteiger partial charge in [-0.2, -0.15) is 9.97 Å². The molecule has 0 N–H and O–H groups in total. The molecule has 0 spiro atoms. The summed E-state index contributed by atoms with van der Waals surface area (Å²) in [5.74, 6) is 0. The van der Waals surface area contributed by atoms with Gasteiger partial charge < -0.3 is 9.47 Å². The molecule has 0 bridgehead atoms. The molecule has 2 aromatic rings. The van der Waals surface area contributed by atoms with Crippen LogP contribution in [0.2, 0.25) is 10.3 Å². The maximum absolute atomic E-state index is 5.90.